The predicted molar refractivity (Wildman–Crippen MR) is 62.8 cm³/mol. The van der Waals surface area contributed by atoms with E-state index in [1.54, 1.807) is 12.3 Å². The number of aldehydes is 1. The first-order valence-electron chi connectivity index (χ1n) is 4.47. The quantitative estimate of drug-likeness (QED) is 0.777. The molecule has 2 aromatic rings. The molecule has 0 unspecified atom stereocenters. The minimum absolute atomic E-state index is 0.589. The van der Waals surface area contributed by atoms with Crippen molar-refractivity contribution in [3.8, 4) is 11.3 Å². The highest BCUT2D eigenvalue weighted by atomic mass is 79.9. The Morgan fingerprint density at radius 1 is 1.13 bits per heavy atom. The van der Waals surface area contributed by atoms with Gasteiger partial charge in [-0.05, 0) is 18.2 Å². The van der Waals surface area contributed by atoms with Crippen molar-refractivity contribution in [2.75, 3.05) is 0 Å². The van der Waals surface area contributed by atoms with Crippen LogP contribution in [0.3, 0.4) is 0 Å². The molecule has 0 spiro atoms. The Bertz CT molecular complexity index is 479. The Hall–Kier alpha value is -1.48. The molecule has 2 rings (SSSR count). The van der Waals surface area contributed by atoms with Gasteiger partial charge in [0, 0.05) is 21.8 Å². The SMILES string of the molecule is O=Cc1ccc(-c2ccccc2Br)nc1. The van der Waals surface area contributed by atoms with E-state index < -0.39 is 0 Å². The van der Waals surface area contributed by atoms with Gasteiger partial charge in [-0.1, -0.05) is 34.1 Å². The Morgan fingerprint density at radius 3 is 2.53 bits per heavy atom. The number of rotatable bonds is 2. The number of carbonyl (C=O) groups is 1. The fraction of sp³-hybridized carbons (Fsp3) is 0. The van der Waals surface area contributed by atoms with Gasteiger partial charge in [0.15, 0.2) is 6.29 Å². The highest BCUT2D eigenvalue weighted by molar-refractivity contribution is 9.10. The summed E-state index contributed by atoms with van der Waals surface area (Å²) in [6.07, 6.45) is 2.36. The van der Waals surface area contributed by atoms with Crippen LogP contribution in [0, 0.1) is 0 Å². The van der Waals surface area contributed by atoms with Crippen molar-refractivity contribution in [3.63, 3.8) is 0 Å². The van der Waals surface area contributed by atoms with Gasteiger partial charge in [0.05, 0.1) is 5.69 Å². The molecule has 0 saturated heterocycles. The zero-order valence-corrected chi connectivity index (χ0v) is 9.44. The van der Waals surface area contributed by atoms with Gasteiger partial charge in [-0.3, -0.25) is 9.78 Å². The number of nitrogens with zero attached hydrogens (tertiary/aromatic N) is 1. The predicted octanol–water partition coefficient (Wildman–Crippen LogP) is 3.32. The first-order valence-corrected chi connectivity index (χ1v) is 5.26. The molecule has 0 aliphatic rings. The number of aromatic nitrogens is 1. The van der Waals surface area contributed by atoms with Crippen LogP contribution in [0.1, 0.15) is 10.4 Å². The lowest BCUT2D eigenvalue weighted by Gasteiger charge is -2.02. The number of carbonyl (C=O) groups excluding carboxylic acids is 1. The summed E-state index contributed by atoms with van der Waals surface area (Å²) in [6.45, 7) is 0. The molecule has 0 aliphatic carbocycles. The second-order valence-electron chi connectivity index (χ2n) is 3.07. The minimum atomic E-state index is 0.589. The Kier molecular flexibility index (Phi) is 2.92. The molecule has 0 bridgehead atoms. The molecule has 3 heteroatoms. The van der Waals surface area contributed by atoms with Crippen LogP contribution in [0.4, 0.5) is 0 Å². The maximum absolute atomic E-state index is 10.5. The van der Waals surface area contributed by atoms with Crippen molar-refractivity contribution in [2.24, 2.45) is 0 Å². The van der Waals surface area contributed by atoms with Crippen molar-refractivity contribution in [2.45, 2.75) is 0 Å². The molecule has 74 valence electrons. The summed E-state index contributed by atoms with van der Waals surface area (Å²) < 4.78 is 0.997. The van der Waals surface area contributed by atoms with Gasteiger partial charge in [0.1, 0.15) is 0 Å². The van der Waals surface area contributed by atoms with Crippen LogP contribution < -0.4 is 0 Å². The molecular formula is C12H8BrNO. The van der Waals surface area contributed by atoms with Gasteiger partial charge in [0.2, 0.25) is 0 Å². The molecule has 0 radical (unpaired) electrons. The van der Waals surface area contributed by atoms with Crippen molar-refractivity contribution in [3.05, 3.63) is 52.6 Å². The van der Waals surface area contributed by atoms with E-state index in [0.29, 0.717) is 5.56 Å². The third kappa shape index (κ3) is 2.13. The van der Waals surface area contributed by atoms with Crippen LogP contribution in [0.25, 0.3) is 11.3 Å². The summed E-state index contributed by atoms with van der Waals surface area (Å²) in [4.78, 5) is 14.7. The average Bonchev–Trinajstić information content (AvgIpc) is 2.30. The minimum Gasteiger partial charge on any atom is -0.298 e. The number of benzene rings is 1. The van der Waals surface area contributed by atoms with Gasteiger partial charge in [-0.25, -0.2) is 0 Å². The third-order valence-corrected chi connectivity index (χ3v) is 2.76. The lowest BCUT2D eigenvalue weighted by molar-refractivity contribution is 0.112. The van der Waals surface area contributed by atoms with E-state index >= 15 is 0 Å². The van der Waals surface area contributed by atoms with Crippen LogP contribution in [-0.2, 0) is 0 Å². The van der Waals surface area contributed by atoms with E-state index in [1.807, 2.05) is 30.3 Å². The molecule has 1 heterocycles. The summed E-state index contributed by atoms with van der Waals surface area (Å²) in [6, 6.07) is 11.4. The van der Waals surface area contributed by atoms with Crippen molar-refractivity contribution < 1.29 is 4.79 Å². The zero-order chi connectivity index (χ0) is 10.7. The number of pyridine rings is 1. The fourth-order valence-corrected chi connectivity index (χ4v) is 1.79. The number of halogens is 1. The van der Waals surface area contributed by atoms with Crippen LogP contribution in [0.2, 0.25) is 0 Å². The zero-order valence-electron chi connectivity index (χ0n) is 7.85. The molecular weight excluding hydrogens is 254 g/mol. The van der Waals surface area contributed by atoms with Gasteiger partial charge in [-0.2, -0.15) is 0 Å². The van der Waals surface area contributed by atoms with Crippen molar-refractivity contribution in [1.82, 2.24) is 4.98 Å². The molecule has 0 aliphatic heterocycles. The van der Waals surface area contributed by atoms with Crippen molar-refractivity contribution in [1.29, 1.82) is 0 Å². The summed E-state index contributed by atoms with van der Waals surface area (Å²) in [5, 5.41) is 0. The molecule has 0 fully saturated rings. The van der Waals surface area contributed by atoms with Crippen LogP contribution >= 0.6 is 15.9 Å². The molecule has 1 aromatic heterocycles. The normalized spacial score (nSPS) is 9.93. The largest absolute Gasteiger partial charge is 0.298 e. The second-order valence-corrected chi connectivity index (χ2v) is 3.93. The highest BCUT2D eigenvalue weighted by Crippen LogP contribution is 2.25. The lowest BCUT2D eigenvalue weighted by atomic mass is 10.1. The molecule has 0 atom stereocenters. The average molecular weight is 262 g/mol. The first-order chi connectivity index (χ1) is 7.31. The molecule has 0 saturated carbocycles. The fourth-order valence-electron chi connectivity index (χ4n) is 1.30. The number of hydrogen-bond acceptors (Lipinski definition) is 2. The Labute approximate surface area is 96.1 Å². The lowest BCUT2D eigenvalue weighted by Crippen LogP contribution is -1.87. The molecule has 1 aromatic carbocycles. The van der Waals surface area contributed by atoms with Crippen LogP contribution in [0.15, 0.2) is 47.1 Å². The van der Waals surface area contributed by atoms with Gasteiger partial charge in [0.25, 0.3) is 0 Å². The maximum Gasteiger partial charge on any atom is 0.151 e. The topological polar surface area (TPSA) is 30.0 Å². The monoisotopic (exact) mass is 261 g/mol. The highest BCUT2D eigenvalue weighted by Gasteiger charge is 2.02. The summed E-state index contributed by atoms with van der Waals surface area (Å²) in [5.74, 6) is 0. The van der Waals surface area contributed by atoms with E-state index in [9.17, 15) is 4.79 Å². The molecule has 0 amide bonds. The van der Waals surface area contributed by atoms with E-state index in [-0.39, 0.29) is 0 Å². The smallest absolute Gasteiger partial charge is 0.151 e. The number of hydrogen-bond donors (Lipinski definition) is 0. The summed E-state index contributed by atoms with van der Waals surface area (Å²) in [5.41, 5.74) is 2.47. The molecule has 15 heavy (non-hydrogen) atoms. The molecule has 2 nitrogen and oxygen atoms in total. The van der Waals surface area contributed by atoms with Crippen LogP contribution in [0.5, 0.6) is 0 Å². The van der Waals surface area contributed by atoms with Crippen molar-refractivity contribution >= 4 is 22.2 Å². The van der Waals surface area contributed by atoms with E-state index in [2.05, 4.69) is 20.9 Å². The van der Waals surface area contributed by atoms with Gasteiger partial charge >= 0.3 is 0 Å². The first kappa shape index (κ1) is 10.1. The standard InChI is InChI=1S/C12H8BrNO/c13-11-4-2-1-3-10(11)12-6-5-9(8-15)7-14-12/h1-8H. The van der Waals surface area contributed by atoms with E-state index in [0.717, 1.165) is 22.0 Å². The molecule has 0 N–H and O–H groups in total. The maximum atomic E-state index is 10.5. The Balaban J connectivity index is 2.46. The second kappa shape index (κ2) is 4.36. The van der Waals surface area contributed by atoms with Gasteiger partial charge in [-0.15, -0.1) is 0 Å². The summed E-state index contributed by atoms with van der Waals surface area (Å²) in [7, 11) is 0. The van der Waals surface area contributed by atoms with Gasteiger partial charge < -0.3 is 0 Å². The summed E-state index contributed by atoms with van der Waals surface area (Å²) >= 11 is 3.46. The van der Waals surface area contributed by atoms with E-state index in [1.165, 1.54) is 0 Å². The van der Waals surface area contributed by atoms with Crippen LogP contribution in [-0.4, -0.2) is 11.3 Å². The Morgan fingerprint density at radius 2 is 1.93 bits per heavy atom. The third-order valence-electron chi connectivity index (χ3n) is 2.07. The van der Waals surface area contributed by atoms with E-state index in [4.69, 9.17) is 0 Å².